The Bertz CT molecular complexity index is 814. The van der Waals surface area contributed by atoms with Crippen LogP contribution in [0.2, 0.25) is 0 Å². The molecular weight excluding hydrogens is 326 g/mol. The molecular formula is C21H25N3O2. The molecule has 1 aliphatic heterocycles. The Hall–Kier alpha value is -2.43. The minimum absolute atomic E-state index is 0.107. The van der Waals surface area contributed by atoms with Crippen LogP contribution < -0.4 is 5.32 Å². The van der Waals surface area contributed by atoms with Gasteiger partial charge in [-0.15, -0.1) is 0 Å². The number of benzene rings is 1. The Morgan fingerprint density at radius 2 is 1.77 bits per heavy atom. The van der Waals surface area contributed by atoms with Crippen molar-refractivity contribution in [2.45, 2.75) is 51.0 Å². The van der Waals surface area contributed by atoms with E-state index in [0.717, 1.165) is 49.4 Å². The van der Waals surface area contributed by atoms with E-state index in [9.17, 15) is 9.59 Å². The molecule has 0 spiro atoms. The highest BCUT2D eigenvalue weighted by Crippen LogP contribution is 2.29. The predicted octanol–water partition coefficient (Wildman–Crippen LogP) is 3.74. The van der Waals surface area contributed by atoms with Gasteiger partial charge in [-0.3, -0.25) is 9.59 Å². The number of likely N-dealkylation sites (tertiary alicyclic amines) is 1. The first-order valence-corrected chi connectivity index (χ1v) is 9.69. The number of para-hydroxylation sites is 1. The van der Waals surface area contributed by atoms with Crippen LogP contribution in [0.5, 0.6) is 0 Å². The number of aromatic nitrogens is 1. The fourth-order valence-corrected chi connectivity index (χ4v) is 4.23. The normalized spacial score (nSPS) is 21.1. The average Bonchev–Trinajstić information content (AvgIpc) is 3.18. The molecule has 1 aliphatic carbocycles. The zero-order chi connectivity index (χ0) is 17.9. The molecule has 2 aliphatic rings. The van der Waals surface area contributed by atoms with Crippen molar-refractivity contribution in [1.82, 2.24) is 9.88 Å². The zero-order valence-corrected chi connectivity index (χ0v) is 15.0. The van der Waals surface area contributed by atoms with Gasteiger partial charge in [0.1, 0.15) is 11.9 Å². The highest BCUT2D eigenvalue weighted by molar-refractivity contribution is 5.98. The second kappa shape index (κ2) is 7.44. The fourth-order valence-electron chi connectivity index (χ4n) is 4.23. The number of hydrogen-bond donors (Lipinski definition) is 1. The number of carbonyl (C=O) groups is 2. The Balaban J connectivity index is 1.46. The maximum Gasteiger partial charge on any atom is 0.248 e. The summed E-state index contributed by atoms with van der Waals surface area (Å²) >= 11 is 0. The van der Waals surface area contributed by atoms with Gasteiger partial charge >= 0.3 is 0 Å². The molecule has 2 aromatic rings. The molecule has 1 aromatic carbocycles. The van der Waals surface area contributed by atoms with E-state index in [-0.39, 0.29) is 23.8 Å². The van der Waals surface area contributed by atoms with Gasteiger partial charge in [0, 0.05) is 17.8 Å². The summed E-state index contributed by atoms with van der Waals surface area (Å²) in [6.07, 6.45) is 7.04. The lowest BCUT2D eigenvalue weighted by Gasteiger charge is -2.30. The second-order valence-electron chi connectivity index (χ2n) is 7.40. The van der Waals surface area contributed by atoms with E-state index in [1.807, 2.05) is 41.3 Å². The van der Waals surface area contributed by atoms with Crippen LogP contribution in [0.15, 0.2) is 36.4 Å². The van der Waals surface area contributed by atoms with E-state index in [1.165, 1.54) is 6.42 Å². The standard InChI is InChI=1S/C21H25N3O2/c25-20(23-19-13-12-15-7-4-5-10-17(15)22-19)18-11-6-14-24(18)21(26)16-8-2-1-3-9-16/h4-5,7,10,12-13,16,18H,1-3,6,8-9,11,14H2,(H,22,23,25)/t18-/m0/s1. The highest BCUT2D eigenvalue weighted by atomic mass is 16.2. The summed E-state index contributed by atoms with van der Waals surface area (Å²) in [5.74, 6) is 0.713. The van der Waals surface area contributed by atoms with Crippen molar-refractivity contribution < 1.29 is 9.59 Å². The molecule has 1 atom stereocenters. The molecule has 2 heterocycles. The Morgan fingerprint density at radius 3 is 2.62 bits per heavy atom. The first-order chi connectivity index (χ1) is 12.7. The molecule has 1 saturated carbocycles. The van der Waals surface area contributed by atoms with Crippen LogP contribution in [0.4, 0.5) is 5.82 Å². The number of nitrogens with zero attached hydrogens (tertiary/aromatic N) is 2. The number of fused-ring (bicyclic) bond motifs is 1. The molecule has 2 amide bonds. The molecule has 0 unspecified atom stereocenters. The van der Waals surface area contributed by atoms with Crippen LogP contribution in [0, 0.1) is 5.92 Å². The van der Waals surface area contributed by atoms with E-state index in [1.54, 1.807) is 0 Å². The molecule has 136 valence electrons. The van der Waals surface area contributed by atoms with Crippen LogP contribution in [0.1, 0.15) is 44.9 Å². The van der Waals surface area contributed by atoms with Crippen molar-refractivity contribution in [3.8, 4) is 0 Å². The maximum atomic E-state index is 12.9. The number of carbonyl (C=O) groups excluding carboxylic acids is 2. The van der Waals surface area contributed by atoms with Crippen LogP contribution in [-0.4, -0.2) is 34.3 Å². The maximum absolute atomic E-state index is 12.9. The van der Waals surface area contributed by atoms with Crippen LogP contribution in [0.25, 0.3) is 10.9 Å². The number of nitrogens with one attached hydrogen (secondary N) is 1. The van der Waals surface area contributed by atoms with Crippen molar-refractivity contribution in [3.63, 3.8) is 0 Å². The molecule has 1 aromatic heterocycles. The van der Waals surface area contributed by atoms with Crippen LogP contribution in [0.3, 0.4) is 0 Å². The van der Waals surface area contributed by atoms with E-state index < -0.39 is 0 Å². The van der Waals surface area contributed by atoms with Crippen LogP contribution >= 0.6 is 0 Å². The first kappa shape index (κ1) is 17.0. The number of rotatable bonds is 3. The van der Waals surface area contributed by atoms with Gasteiger partial charge in [-0.05, 0) is 43.9 Å². The molecule has 0 bridgehead atoms. The van der Waals surface area contributed by atoms with Crippen molar-refractivity contribution >= 4 is 28.5 Å². The molecule has 2 fully saturated rings. The summed E-state index contributed by atoms with van der Waals surface area (Å²) in [5.41, 5.74) is 0.854. The second-order valence-corrected chi connectivity index (χ2v) is 7.40. The third-order valence-electron chi connectivity index (χ3n) is 5.64. The highest BCUT2D eigenvalue weighted by Gasteiger charge is 2.37. The lowest BCUT2D eigenvalue weighted by atomic mass is 9.88. The van der Waals surface area contributed by atoms with Gasteiger partial charge in [0.2, 0.25) is 11.8 Å². The predicted molar refractivity (Wildman–Crippen MR) is 102 cm³/mol. The molecule has 5 heteroatoms. The van der Waals surface area contributed by atoms with E-state index in [4.69, 9.17) is 0 Å². The topological polar surface area (TPSA) is 62.3 Å². The smallest absolute Gasteiger partial charge is 0.248 e. The SMILES string of the molecule is O=C(Nc1ccc2ccccc2n1)[C@@H]1CCCN1C(=O)C1CCCCC1. The van der Waals surface area contributed by atoms with Crippen LogP contribution in [-0.2, 0) is 9.59 Å². The molecule has 26 heavy (non-hydrogen) atoms. The summed E-state index contributed by atoms with van der Waals surface area (Å²) in [6, 6.07) is 11.2. The largest absolute Gasteiger partial charge is 0.330 e. The quantitative estimate of drug-likeness (QED) is 0.916. The Labute approximate surface area is 153 Å². The van der Waals surface area contributed by atoms with Gasteiger partial charge in [-0.2, -0.15) is 0 Å². The molecule has 1 N–H and O–H groups in total. The summed E-state index contributed by atoms with van der Waals surface area (Å²) < 4.78 is 0. The van der Waals surface area contributed by atoms with E-state index in [2.05, 4.69) is 10.3 Å². The third kappa shape index (κ3) is 3.43. The summed E-state index contributed by atoms with van der Waals surface area (Å²) in [7, 11) is 0. The zero-order valence-electron chi connectivity index (χ0n) is 15.0. The lowest BCUT2D eigenvalue weighted by molar-refractivity contribution is -0.141. The Kier molecular flexibility index (Phi) is 4.87. The van der Waals surface area contributed by atoms with Crippen molar-refractivity contribution in [1.29, 1.82) is 0 Å². The van der Waals surface area contributed by atoms with Crippen molar-refractivity contribution in [3.05, 3.63) is 36.4 Å². The number of amides is 2. The van der Waals surface area contributed by atoms with Crippen molar-refractivity contribution in [2.24, 2.45) is 5.92 Å². The fraction of sp³-hybridized carbons (Fsp3) is 0.476. The summed E-state index contributed by atoms with van der Waals surface area (Å²) in [4.78, 5) is 32.0. The molecule has 4 rings (SSSR count). The van der Waals surface area contributed by atoms with Crippen molar-refractivity contribution in [2.75, 3.05) is 11.9 Å². The van der Waals surface area contributed by atoms with E-state index in [0.29, 0.717) is 12.4 Å². The summed E-state index contributed by atoms with van der Waals surface area (Å²) in [5, 5.41) is 3.96. The summed E-state index contributed by atoms with van der Waals surface area (Å²) in [6.45, 7) is 0.693. The molecule has 1 saturated heterocycles. The number of anilines is 1. The van der Waals surface area contributed by atoms with Gasteiger partial charge in [-0.25, -0.2) is 4.98 Å². The third-order valence-corrected chi connectivity index (χ3v) is 5.64. The van der Waals surface area contributed by atoms with Gasteiger partial charge < -0.3 is 10.2 Å². The molecule has 0 radical (unpaired) electrons. The molecule has 5 nitrogen and oxygen atoms in total. The lowest BCUT2D eigenvalue weighted by Crippen LogP contribution is -2.46. The monoisotopic (exact) mass is 351 g/mol. The minimum atomic E-state index is -0.363. The van der Waals surface area contributed by atoms with Gasteiger partial charge in [-0.1, -0.05) is 37.5 Å². The van der Waals surface area contributed by atoms with Gasteiger partial charge in [0.25, 0.3) is 0 Å². The average molecular weight is 351 g/mol. The van der Waals surface area contributed by atoms with Gasteiger partial charge in [0.15, 0.2) is 0 Å². The minimum Gasteiger partial charge on any atom is -0.330 e. The van der Waals surface area contributed by atoms with Gasteiger partial charge in [0.05, 0.1) is 5.52 Å². The Morgan fingerprint density at radius 1 is 0.962 bits per heavy atom. The van der Waals surface area contributed by atoms with E-state index >= 15 is 0 Å². The first-order valence-electron chi connectivity index (χ1n) is 9.69. The number of pyridine rings is 1. The number of hydrogen-bond acceptors (Lipinski definition) is 3.